The lowest BCUT2D eigenvalue weighted by molar-refractivity contribution is 0.0694. The van der Waals surface area contributed by atoms with Gasteiger partial charge in [-0.25, -0.2) is 4.79 Å². The minimum absolute atomic E-state index is 0.0128. The normalized spacial score (nSPS) is 15.2. The van der Waals surface area contributed by atoms with E-state index in [1.807, 2.05) is 53.6 Å². The second-order valence-corrected chi connectivity index (χ2v) is 7.48. The number of aryl methyl sites for hydroxylation is 2. The van der Waals surface area contributed by atoms with Crippen LogP contribution in [0.3, 0.4) is 0 Å². The van der Waals surface area contributed by atoms with Gasteiger partial charge in [-0.2, -0.15) is 0 Å². The van der Waals surface area contributed by atoms with E-state index in [1.54, 1.807) is 13.2 Å². The highest BCUT2D eigenvalue weighted by Crippen LogP contribution is 2.27. The van der Waals surface area contributed by atoms with Crippen LogP contribution in [0.4, 0.5) is 0 Å². The average Bonchev–Trinajstić information content (AvgIpc) is 3.05. The maximum absolute atomic E-state index is 12.9. The predicted octanol–water partition coefficient (Wildman–Crippen LogP) is 3.43. The number of amides is 1. The molecule has 146 valence electrons. The van der Waals surface area contributed by atoms with E-state index in [0.29, 0.717) is 18.7 Å². The molecule has 0 saturated carbocycles. The van der Waals surface area contributed by atoms with Crippen molar-refractivity contribution in [3.63, 3.8) is 0 Å². The van der Waals surface area contributed by atoms with Gasteiger partial charge >= 0.3 is 5.69 Å². The summed E-state index contributed by atoms with van der Waals surface area (Å²) in [7, 11) is 1.61. The van der Waals surface area contributed by atoms with E-state index in [9.17, 15) is 9.59 Å². The Kier molecular flexibility index (Phi) is 4.71. The first-order valence-corrected chi connectivity index (χ1v) is 9.63. The molecule has 6 nitrogen and oxygen atoms in total. The third-order valence-corrected chi connectivity index (χ3v) is 5.73. The number of ether oxygens (including phenoxy) is 1. The van der Waals surface area contributed by atoms with Crippen molar-refractivity contribution in [1.82, 2.24) is 14.5 Å². The van der Waals surface area contributed by atoms with E-state index < -0.39 is 0 Å². The lowest BCUT2D eigenvalue weighted by Crippen LogP contribution is -2.40. The number of para-hydroxylation sites is 1. The molecule has 1 aliphatic heterocycles. The van der Waals surface area contributed by atoms with Crippen LogP contribution in [0, 0.1) is 13.8 Å². The summed E-state index contributed by atoms with van der Waals surface area (Å²) in [5, 5.41) is 0. The molecular formula is C22H25N3O3. The Morgan fingerprint density at radius 2 is 1.86 bits per heavy atom. The van der Waals surface area contributed by atoms with Gasteiger partial charge in [0.1, 0.15) is 5.75 Å². The molecule has 2 heterocycles. The van der Waals surface area contributed by atoms with Gasteiger partial charge in [-0.05, 0) is 56.0 Å². The largest absolute Gasteiger partial charge is 0.496 e. The van der Waals surface area contributed by atoms with Crippen LogP contribution in [-0.4, -0.2) is 40.6 Å². The number of rotatable bonds is 3. The van der Waals surface area contributed by atoms with Gasteiger partial charge in [0.05, 0.1) is 18.1 Å². The number of benzene rings is 2. The molecule has 28 heavy (non-hydrogen) atoms. The van der Waals surface area contributed by atoms with Crippen LogP contribution in [0.25, 0.3) is 11.0 Å². The van der Waals surface area contributed by atoms with Crippen LogP contribution in [0.5, 0.6) is 5.75 Å². The average molecular weight is 379 g/mol. The number of methoxy groups -OCH3 is 1. The molecule has 0 atom stereocenters. The predicted molar refractivity (Wildman–Crippen MR) is 109 cm³/mol. The van der Waals surface area contributed by atoms with Crippen LogP contribution >= 0.6 is 0 Å². The maximum Gasteiger partial charge on any atom is 0.326 e. The highest BCUT2D eigenvalue weighted by atomic mass is 16.5. The zero-order chi connectivity index (χ0) is 19.8. The standard InChI is InChI=1S/C22H25N3O3/c1-14-7-8-16(13-19(14)28-3)21(26)24-11-9-17(10-12-24)25-18-6-4-5-15(2)20(18)23-22(25)27/h4-8,13,17H,9-12H2,1-3H3,(H,23,27). The van der Waals surface area contributed by atoms with Gasteiger partial charge in [-0.15, -0.1) is 0 Å². The zero-order valence-electron chi connectivity index (χ0n) is 16.5. The Morgan fingerprint density at radius 1 is 1.11 bits per heavy atom. The molecule has 0 radical (unpaired) electrons. The van der Waals surface area contributed by atoms with Crippen LogP contribution in [0.1, 0.15) is 40.4 Å². The molecule has 1 amide bonds. The Bertz CT molecular complexity index is 1090. The Balaban J connectivity index is 1.53. The number of hydrogen-bond donors (Lipinski definition) is 1. The van der Waals surface area contributed by atoms with Crippen molar-refractivity contribution < 1.29 is 9.53 Å². The fourth-order valence-electron chi connectivity index (χ4n) is 4.12. The first kappa shape index (κ1) is 18.3. The number of nitrogens with zero attached hydrogens (tertiary/aromatic N) is 2. The van der Waals surface area contributed by atoms with Crippen LogP contribution in [0.2, 0.25) is 0 Å². The minimum Gasteiger partial charge on any atom is -0.496 e. The first-order chi connectivity index (χ1) is 13.5. The third kappa shape index (κ3) is 3.09. The van der Waals surface area contributed by atoms with Crippen LogP contribution in [-0.2, 0) is 0 Å². The smallest absolute Gasteiger partial charge is 0.326 e. The summed E-state index contributed by atoms with van der Waals surface area (Å²) in [4.78, 5) is 30.3. The van der Waals surface area contributed by atoms with E-state index in [-0.39, 0.29) is 17.6 Å². The van der Waals surface area contributed by atoms with E-state index in [1.165, 1.54) is 0 Å². The molecule has 0 aliphatic carbocycles. The van der Waals surface area contributed by atoms with E-state index >= 15 is 0 Å². The number of carbonyl (C=O) groups excluding carboxylic acids is 1. The molecule has 6 heteroatoms. The van der Waals surface area contributed by atoms with E-state index in [4.69, 9.17) is 4.74 Å². The lowest BCUT2D eigenvalue weighted by atomic mass is 10.0. The van der Waals surface area contributed by atoms with Crippen molar-refractivity contribution in [2.24, 2.45) is 0 Å². The van der Waals surface area contributed by atoms with Gasteiger partial charge < -0.3 is 14.6 Å². The van der Waals surface area contributed by atoms with Gasteiger partial charge in [-0.1, -0.05) is 18.2 Å². The molecule has 3 aromatic rings. The Morgan fingerprint density at radius 3 is 2.57 bits per heavy atom. The Labute approximate surface area is 163 Å². The van der Waals surface area contributed by atoms with Crippen molar-refractivity contribution in [2.45, 2.75) is 32.7 Å². The number of H-pyrrole nitrogens is 1. The second-order valence-electron chi connectivity index (χ2n) is 7.48. The molecule has 0 spiro atoms. The minimum atomic E-state index is -0.0719. The quantitative estimate of drug-likeness (QED) is 0.758. The molecule has 1 N–H and O–H groups in total. The van der Waals surface area contributed by atoms with Crippen molar-refractivity contribution in [3.05, 3.63) is 63.6 Å². The number of aromatic amines is 1. The summed E-state index contributed by atoms with van der Waals surface area (Å²) in [6.07, 6.45) is 1.52. The highest BCUT2D eigenvalue weighted by molar-refractivity contribution is 5.94. The molecule has 1 saturated heterocycles. The molecule has 4 rings (SSSR count). The Hall–Kier alpha value is -3.02. The maximum atomic E-state index is 12.9. The number of hydrogen-bond acceptors (Lipinski definition) is 3. The number of carbonyl (C=O) groups is 1. The fraction of sp³-hybridized carbons (Fsp3) is 0.364. The molecule has 2 aromatic carbocycles. The van der Waals surface area contributed by atoms with E-state index in [2.05, 4.69) is 4.98 Å². The SMILES string of the molecule is COc1cc(C(=O)N2CCC(n3c(=O)[nH]c4c(C)cccc43)CC2)ccc1C. The molecular weight excluding hydrogens is 354 g/mol. The zero-order valence-corrected chi connectivity index (χ0v) is 16.5. The van der Waals surface area contributed by atoms with Crippen LogP contribution in [0.15, 0.2) is 41.2 Å². The lowest BCUT2D eigenvalue weighted by Gasteiger charge is -2.32. The van der Waals surface area contributed by atoms with Crippen molar-refractivity contribution >= 4 is 16.9 Å². The number of nitrogens with one attached hydrogen (secondary N) is 1. The number of likely N-dealkylation sites (tertiary alicyclic amines) is 1. The summed E-state index contributed by atoms with van der Waals surface area (Å²) in [6.45, 7) is 5.22. The monoisotopic (exact) mass is 379 g/mol. The number of fused-ring (bicyclic) bond motifs is 1. The molecule has 1 aromatic heterocycles. The molecule has 0 unspecified atom stereocenters. The summed E-state index contributed by atoms with van der Waals surface area (Å²) in [6, 6.07) is 11.6. The second kappa shape index (κ2) is 7.19. The molecule has 0 bridgehead atoms. The summed E-state index contributed by atoms with van der Waals surface area (Å²) < 4.78 is 7.20. The fourth-order valence-corrected chi connectivity index (χ4v) is 4.12. The van der Waals surface area contributed by atoms with Crippen molar-refractivity contribution in [3.8, 4) is 5.75 Å². The van der Waals surface area contributed by atoms with Gasteiger partial charge in [-0.3, -0.25) is 9.36 Å². The molecule has 1 fully saturated rings. The van der Waals surface area contributed by atoms with Crippen molar-refractivity contribution in [2.75, 3.05) is 20.2 Å². The number of imidazole rings is 1. The highest BCUT2D eigenvalue weighted by Gasteiger charge is 2.27. The van der Waals surface area contributed by atoms with Gasteiger partial charge in [0, 0.05) is 24.7 Å². The van der Waals surface area contributed by atoms with Gasteiger partial charge in [0.25, 0.3) is 5.91 Å². The summed E-state index contributed by atoms with van der Waals surface area (Å²) in [5.41, 5.74) is 4.48. The van der Waals surface area contributed by atoms with Gasteiger partial charge in [0.2, 0.25) is 0 Å². The summed E-state index contributed by atoms with van der Waals surface area (Å²) >= 11 is 0. The van der Waals surface area contributed by atoms with E-state index in [0.717, 1.165) is 40.8 Å². The first-order valence-electron chi connectivity index (χ1n) is 9.63. The number of piperidine rings is 1. The van der Waals surface area contributed by atoms with Gasteiger partial charge in [0.15, 0.2) is 0 Å². The number of aromatic nitrogens is 2. The molecule has 1 aliphatic rings. The van der Waals surface area contributed by atoms with Crippen LogP contribution < -0.4 is 10.4 Å². The summed E-state index contributed by atoms with van der Waals surface area (Å²) in [5.74, 6) is 0.736. The van der Waals surface area contributed by atoms with Crippen molar-refractivity contribution in [1.29, 1.82) is 0 Å². The topological polar surface area (TPSA) is 67.3 Å². The third-order valence-electron chi connectivity index (χ3n) is 5.73.